The fourth-order valence-electron chi connectivity index (χ4n) is 2.02. The van der Waals surface area contributed by atoms with Crippen LogP contribution in [0, 0.1) is 5.82 Å². The van der Waals surface area contributed by atoms with Crippen LogP contribution < -0.4 is 4.90 Å². The first-order chi connectivity index (χ1) is 8.93. The summed E-state index contributed by atoms with van der Waals surface area (Å²) in [6.45, 7) is 1.14. The Morgan fingerprint density at radius 1 is 1.37 bits per heavy atom. The van der Waals surface area contributed by atoms with E-state index < -0.39 is 17.6 Å². The zero-order chi connectivity index (χ0) is 14.0. The number of nitrogens with zero attached hydrogens (tertiary/aromatic N) is 1. The largest absolute Gasteiger partial charge is 0.416 e. The van der Waals surface area contributed by atoms with Gasteiger partial charge in [-0.2, -0.15) is 13.2 Å². The minimum atomic E-state index is -4.55. The molecule has 1 atom stereocenters. The third kappa shape index (κ3) is 3.12. The summed E-state index contributed by atoms with van der Waals surface area (Å²) >= 11 is 5.76. The molecule has 2 rings (SSSR count). The van der Waals surface area contributed by atoms with E-state index in [1.165, 1.54) is 0 Å². The van der Waals surface area contributed by atoms with Gasteiger partial charge in [0.05, 0.1) is 30.5 Å². The molecule has 7 heteroatoms. The van der Waals surface area contributed by atoms with Crippen molar-refractivity contribution in [3.63, 3.8) is 0 Å². The Bertz CT molecular complexity index is 452. The summed E-state index contributed by atoms with van der Waals surface area (Å²) < 4.78 is 56.5. The minimum Gasteiger partial charge on any atom is -0.377 e. The standard InChI is InChI=1S/C12H12ClF4NO/c13-6-9-7-19-4-3-18(9)11-2-1-8(5-10(11)14)12(15,16)17/h1-2,5,9H,3-4,6-7H2. The minimum absolute atomic E-state index is 0.127. The summed E-state index contributed by atoms with van der Waals surface area (Å²) in [4.78, 5) is 1.64. The second-order valence-corrected chi connectivity index (χ2v) is 4.55. The number of alkyl halides is 4. The number of benzene rings is 1. The Hall–Kier alpha value is -1.01. The van der Waals surface area contributed by atoms with Crippen LogP contribution in [0.5, 0.6) is 0 Å². The van der Waals surface area contributed by atoms with Gasteiger partial charge in [0, 0.05) is 12.4 Å². The van der Waals surface area contributed by atoms with Gasteiger partial charge < -0.3 is 9.64 Å². The Kier molecular flexibility index (Phi) is 4.20. The van der Waals surface area contributed by atoms with E-state index in [1.807, 2.05) is 0 Å². The Labute approximate surface area is 112 Å². The number of ether oxygens (including phenoxy) is 1. The fourth-order valence-corrected chi connectivity index (χ4v) is 2.27. The lowest BCUT2D eigenvalue weighted by molar-refractivity contribution is -0.137. The van der Waals surface area contributed by atoms with Gasteiger partial charge in [0.25, 0.3) is 0 Å². The van der Waals surface area contributed by atoms with Crippen LogP contribution in [0.25, 0.3) is 0 Å². The molecule has 1 heterocycles. The SMILES string of the molecule is Fc1cc(C(F)(F)F)ccc1N1CCOCC1CCl. The van der Waals surface area contributed by atoms with Gasteiger partial charge in [0.1, 0.15) is 5.82 Å². The highest BCUT2D eigenvalue weighted by molar-refractivity contribution is 6.18. The number of hydrogen-bond donors (Lipinski definition) is 0. The normalized spacial score (nSPS) is 20.7. The molecular formula is C12H12ClF4NO. The molecule has 0 saturated carbocycles. The van der Waals surface area contributed by atoms with Gasteiger partial charge in [-0.25, -0.2) is 4.39 Å². The molecule has 0 aliphatic carbocycles. The molecule has 0 amide bonds. The van der Waals surface area contributed by atoms with Crippen LogP contribution in [0.2, 0.25) is 0 Å². The van der Waals surface area contributed by atoms with Gasteiger partial charge in [-0.15, -0.1) is 11.6 Å². The highest BCUT2D eigenvalue weighted by atomic mass is 35.5. The molecule has 1 unspecified atom stereocenters. The van der Waals surface area contributed by atoms with E-state index >= 15 is 0 Å². The quantitative estimate of drug-likeness (QED) is 0.613. The van der Waals surface area contributed by atoms with Crippen LogP contribution in [0.1, 0.15) is 5.56 Å². The van der Waals surface area contributed by atoms with Crippen molar-refractivity contribution in [3.8, 4) is 0 Å². The lowest BCUT2D eigenvalue weighted by atomic mass is 10.1. The van der Waals surface area contributed by atoms with Gasteiger partial charge >= 0.3 is 6.18 Å². The van der Waals surface area contributed by atoms with E-state index in [-0.39, 0.29) is 17.6 Å². The molecule has 1 aromatic rings. The maximum atomic E-state index is 13.8. The van der Waals surface area contributed by atoms with Crippen LogP contribution in [0.3, 0.4) is 0 Å². The molecule has 1 saturated heterocycles. The monoisotopic (exact) mass is 297 g/mol. The maximum absolute atomic E-state index is 13.8. The van der Waals surface area contributed by atoms with Crippen LogP contribution in [-0.2, 0) is 10.9 Å². The molecule has 106 valence electrons. The first kappa shape index (κ1) is 14.4. The number of hydrogen-bond acceptors (Lipinski definition) is 2. The second-order valence-electron chi connectivity index (χ2n) is 4.24. The summed E-state index contributed by atoms with van der Waals surface area (Å²) in [5.41, 5.74) is -0.869. The predicted molar refractivity (Wildman–Crippen MR) is 64.1 cm³/mol. The molecule has 19 heavy (non-hydrogen) atoms. The Balaban J connectivity index is 2.30. The number of rotatable bonds is 2. The van der Waals surface area contributed by atoms with Crippen molar-refractivity contribution in [1.29, 1.82) is 0 Å². The lowest BCUT2D eigenvalue weighted by Gasteiger charge is -2.36. The summed E-state index contributed by atoms with van der Waals surface area (Å²) in [5, 5.41) is 0. The van der Waals surface area contributed by atoms with Gasteiger partial charge in [-0.05, 0) is 18.2 Å². The molecular weight excluding hydrogens is 286 g/mol. The fraction of sp³-hybridized carbons (Fsp3) is 0.500. The molecule has 1 aliphatic heterocycles. The Morgan fingerprint density at radius 2 is 2.11 bits per heavy atom. The molecule has 0 spiro atoms. The van der Waals surface area contributed by atoms with E-state index in [9.17, 15) is 17.6 Å². The third-order valence-electron chi connectivity index (χ3n) is 2.99. The first-order valence-corrected chi connectivity index (χ1v) is 6.24. The molecule has 0 bridgehead atoms. The number of anilines is 1. The summed E-state index contributed by atoms with van der Waals surface area (Å²) in [6, 6.07) is 2.29. The highest BCUT2D eigenvalue weighted by Crippen LogP contribution is 2.33. The third-order valence-corrected chi connectivity index (χ3v) is 3.35. The average molecular weight is 298 g/mol. The topological polar surface area (TPSA) is 12.5 Å². The van der Waals surface area contributed by atoms with Crippen molar-refractivity contribution < 1.29 is 22.3 Å². The van der Waals surface area contributed by atoms with Gasteiger partial charge in [-0.1, -0.05) is 0 Å². The molecule has 1 fully saturated rings. The van der Waals surface area contributed by atoms with E-state index in [1.54, 1.807) is 4.90 Å². The van der Waals surface area contributed by atoms with Gasteiger partial charge in [-0.3, -0.25) is 0 Å². The molecule has 0 aromatic heterocycles. The van der Waals surface area contributed by atoms with E-state index in [0.717, 1.165) is 12.1 Å². The van der Waals surface area contributed by atoms with E-state index in [4.69, 9.17) is 16.3 Å². The van der Waals surface area contributed by atoms with Crippen molar-refractivity contribution in [2.24, 2.45) is 0 Å². The average Bonchev–Trinajstić information content (AvgIpc) is 2.37. The maximum Gasteiger partial charge on any atom is 0.416 e. The Morgan fingerprint density at radius 3 is 2.68 bits per heavy atom. The van der Waals surface area contributed by atoms with Gasteiger partial charge in [0.15, 0.2) is 0 Å². The number of morpholine rings is 1. The number of halogens is 5. The summed E-state index contributed by atoms with van der Waals surface area (Å²) in [6.07, 6.45) is -4.55. The smallest absolute Gasteiger partial charge is 0.377 e. The van der Waals surface area contributed by atoms with Crippen LogP contribution in [-0.4, -0.2) is 31.7 Å². The molecule has 0 radical (unpaired) electrons. The van der Waals surface area contributed by atoms with Gasteiger partial charge in [0.2, 0.25) is 0 Å². The van der Waals surface area contributed by atoms with Crippen LogP contribution >= 0.6 is 11.6 Å². The van der Waals surface area contributed by atoms with Crippen molar-refractivity contribution in [1.82, 2.24) is 0 Å². The second kappa shape index (κ2) is 5.54. The lowest BCUT2D eigenvalue weighted by Crippen LogP contribution is -2.47. The van der Waals surface area contributed by atoms with Crippen molar-refractivity contribution in [2.75, 3.05) is 30.5 Å². The molecule has 1 aromatic carbocycles. The van der Waals surface area contributed by atoms with E-state index in [0.29, 0.717) is 25.8 Å². The highest BCUT2D eigenvalue weighted by Gasteiger charge is 2.32. The summed E-state index contributed by atoms with van der Waals surface area (Å²) in [5.74, 6) is -0.674. The zero-order valence-corrected chi connectivity index (χ0v) is 10.6. The van der Waals surface area contributed by atoms with Crippen LogP contribution in [0.4, 0.5) is 23.2 Å². The van der Waals surface area contributed by atoms with Crippen molar-refractivity contribution in [3.05, 3.63) is 29.6 Å². The predicted octanol–water partition coefficient (Wildman–Crippen LogP) is 3.29. The molecule has 1 aliphatic rings. The molecule has 2 nitrogen and oxygen atoms in total. The van der Waals surface area contributed by atoms with Crippen molar-refractivity contribution >= 4 is 17.3 Å². The van der Waals surface area contributed by atoms with E-state index in [2.05, 4.69) is 0 Å². The first-order valence-electron chi connectivity index (χ1n) is 5.70. The van der Waals surface area contributed by atoms with Crippen LogP contribution in [0.15, 0.2) is 18.2 Å². The zero-order valence-electron chi connectivity index (χ0n) is 9.88. The molecule has 0 N–H and O–H groups in total. The summed E-state index contributed by atoms with van der Waals surface area (Å²) in [7, 11) is 0. The van der Waals surface area contributed by atoms with Crippen molar-refractivity contribution in [2.45, 2.75) is 12.2 Å².